The molecule has 1 aliphatic rings. The number of nitrogens with zero attached hydrogens (tertiary/aromatic N) is 2. The van der Waals surface area contributed by atoms with Crippen molar-refractivity contribution in [1.29, 1.82) is 5.26 Å². The fourth-order valence-electron chi connectivity index (χ4n) is 2.21. The van der Waals surface area contributed by atoms with E-state index in [-0.39, 0.29) is 31.4 Å². The molecular weight excluding hydrogens is 413 g/mol. The number of sulfonamides is 1. The van der Waals surface area contributed by atoms with E-state index in [4.69, 9.17) is 33.4 Å². The van der Waals surface area contributed by atoms with Crippen LogP contribution in [-0.4, -0.2) is 38.2 Å². The average molecular weight is 430 g/mol. The number of ether oxygens (including phenoxy) is 1. The first-order valence-corrected chi connectivity index (χ1v) is 9.49. The van der Waals surface area contributed by atoms with Crippen LogP contribution in [0.1, 0.15) is 11.0 Å². The summed E-state index contributed by atoms with van der Waals surface area (Å²) < 4.78 is 63.9. The number of nitrogens with one attached hydrogen (secondary N) is 1. The predicted octanol–water partition coefficient (Wildman–Crippen LogP) is 2.78. The molecule has 140 valence electrons. The third-order valence-electron chi connectivity index (χ3n) is 3.37. The number of nitriles is 1. The summed E-state index contributed by atoms with van der Waals surface area (Å²) >= 11 is 11.9. The molecule has 2 aromatic carbocycles. The van der Waals surface area contributed by atoms with Gasteiger partial charge in [-0.3, -0.25) is 4.79 Å². The molecule has 7 nitrogen and oxygen atoms in total. The number of benzene rings is 2. The van der Waals surface area contributed by atoms with Gasteiger partial charge in [-0.2, -0.15) is 9.57 Å². The number of carbonyl (C=O) groups is 1. The summed E-state index contributed by atoms with van der Waals surface area (Å²) in [5.74, 6) is -1.28. The number of rotatable bonds is 4. The first kappa shape index (κ1) is 14.7. The lowest BCUT2D eigenvalue weighted by Gasteiger charge is -2.26. The van der Waals surface area contributed by atoms with Gasteiger partial charge in [-0.1, -0.05) is 23.2 Å². The number of amides is 1. The first-order valence-electron chi connectivity index (χ1n) is 9.30. The molecule has 27 heavy (non-hydrogen) atoms. The SMILES string of the molecule is [2H]C1([2H])NC(=O)CN(S(=O)(=O)c2cc(C#N)ccc2Oc2cc(Cl)cc(Cl)c2)C1([2H])[2H]. The summed E-state index contributed by atoms with van der Waals surface area (Å²) in [6, 6.07) is 9.30. The Labute approximate surface area is 171 Å². The second-order valence-electron chi connectivity index (χ2n) is 5.28. The number of carbonyl (C=O) groups excluding carboxylic acids is 1. The summed E-state index contributed by atoms with van der Waals surface area (Å²) in [7, 11) is -4.86. The molecule has 1 heterocycles. The van der Waals surface area contributed by atoms with Gasteiger partial charge in [0.15, 0.2) is 0 Å². The van der Waals surface area contributed by atoms with Crippen LogP contribution in [0.5, 0.6) is 11.5 Å². The molecule has 0 spiro atoms. The topological polar surface area (TPSA) is 99.5 Å². The molecular formula is C17H13Cl2N3O4S. The standard InChI is InChI=1S/C17H13Cl2N3O4S/c18-12-6-13(19)8-14(7-12)26-15-2-1-11(9-20)5-16(15)27(24,25)22-4-3-21-17(23)10-22/h1-2,5-8H,3-4,10H2,(H,21,23)/i3D2,4D2. The maximum Gasteiger partial charge on any atom is 0.247 e. The molecule has 3 rings (SSSR count). The minimum absolute atomic E-state index is 0.0633. The monoisotopic (exact) mass is 429 g/mol. The molecule has 0 unspecified atom stereocenters. The van der Waals surface area contributed by atoms with E-state index in [0.717, 1.165) is 6.07 Å². The van der Waals surface area contributed by atoms with Crippen LogP contribution in [0.4, 0.5) is 0 Å². The minimum atomic E-state index is -4.86. The van der Waals surface area contributed by atoms with Crippen LogP contribution in [-0.2, 0) is 14.8 Å². The maximum absolute atomic E-state index is 13.3. The fourth-order valence-corrected chi connectivity index (χ4v) is 4.05. The van der Waals surface area contributed by atoms with Crippen molar-refractivity contribution in [1.82, 2.24) is 9.62 Å². The lowest BCUT2D eigenvalue weighted by Crippen LogP contribution is -2.49. The molecule has 1 aliphatic heterocycles. The number of piperazine rings is 1. The van der Waals surface area contributed by atoms with E-state index < -0.39 is 40.4 Å². The zero-order valence-corrected chi connectivity index (χ0v) is 15.7. The molecule has 1 N–H and O–H groups in total. The number of halogens is 2. The van der Waals surface area contributed by atoms with Crippen LogP contribution >= 0.6 is 23.2 Å². The molecule has 1 amide bonds. The van der Waals surface area contributed by atoms with Gasteiger partial charge < -0.3 is 10.1 Å². The Bertz CT molecular complexity index is 1200. The van der Waals surface area contributed by atoms with Crippen molar-refractivity contribution in [2.75, 3.05) is 19.5 Å². The Balaban J connectivity index is 2.16. The van der Waals surface area contributed by atoms with Crippen LogP contribution in [0.3, 0.4) is 0 Å². The van der Waals surface area contributed by atoms with Crippen molar-refractivity contribution in [2.45, 2.75) is 4.90 Å². The predicted molar refractivity (Wildman–Crippen MR) is 99.5 cm³/mol. The van der Waals surface area contributed by atoms with Crippen molar-refractivity contribution >= 4 is 39.1 Å². The van der Waals surface area contributed by atoms with Gasteiger partial charge in [-0.05, 0) is 36.4 Å². The minimum Gasteiger partial charge on any atom is -0.456 e. The van der Waals surface area contributed by atoms with Gasteiger partial charge in [-0.25, -0.2) is 8.42 Å². The van der Waals surface area contributed by atoms with Crippen molar-refractivity contribution in [3.8, 4) is 17.6 Å². The summed E-state index contributed by atoms with van der Waals surface area (Å²) in [5, 5.41) is 11.4. The molecule has 0 atom stereocenters. The summed E-state index contributed by atoms with van der Waals surface area (Å²) in [6.45, 7) is -7.13. The molecule has 0 radical (unpaired) electrons. The van der Waals surface area contributed by atoms with Crippen LogP contribution in [0, 0.1) is 11.3 Å². The van der Waals surface area contributed by atoms with E-state index in [0.29, 0.717) is 0 Å². The Hall–Kier alpha value is -2.31. The van der Waals surface area contributed by atoms with Gasteiger partial charge in [0.05, 0.1) is 20.9 Å². The third-order valence-corrected chi connectivity index (χ3v) is 5.49. The van der Waals surface area contributed by atoms with Gasteiger partial charge in [0.2, 0.25) is 15.9 Å². The summed E-state index contributed by atoms with van der Waals surface area (Å²) in [4.78, 5) is 11.3. The molecule has 1 saturated heterocycles. The van der Waals surface area contributed by atoms with Crippen LogP contribution in [0.2, 0.25) is 10.0 Å². The van der Waals surface area contributed by atoms with Crippen molar-refractivity contribution in [2.24, 2.45) is 0 Å². The van der Waals surface area contributed by atoms with Gasteiger partial charge in [-0.15, -0.1) is 0 Å². The Morgan fingerprint density at radius 3 is 2.59 bits per heavy atom. The quantitative estimate of drug-likeness (QED) is 0.804. The van der Waals surface area contributed by atoms with Crippen LogP contribution < -0.4 is 10.1 Å². The normalized spacial score (nSPS) is 21.0. The summed E-state index contributed by atoms with van der Waals surface area (Å²) in [5.41, 5.74) is -0.0833. The number of hydrogen-bond acceptors (Lipinski definition) is 5. The highest BCUT2D eigenvalue weighted by atomic mass is 35.5. The third kappa shape index (κ3) is 4.34. The van der Waals surface area contributed by atoms with Gasteiger partial charge in [0.1, 0.15) is 16.4 Å². The lowest BCUT2D eigenvalue weighted by molar-refractivity contribution is -0.122. The van der Waals surface area contributed by atoms with E-state index in [2.05, 4.69) is 0 Å². The molecule has 0 aromatic heterocycles. The molecule has 2 aromatic rings. The van der Waals surface area contributed by atoms with E-state index in [1.54, 1.807) is 11.4 Å². The average Bonchev–Trinajstić information content (AvgIpc) is 2.63. The van der Waals surface area contributed by atoms with Crippen LogP contribution in [0.25, 0.3) is 0 Å². The molecule has 0 saturated carbocycles. The number of hydrogen-bond donors (Lipinski definition) is 1. The van der Waals surface area contributed by atoms with E-state index in [9.17, 15) is 18.5 Å². The zero-order valence-electron chi connectivity index (χ0n) is 17.4. The Kier molecular flexibility index (Phi) is 4.22. The lowest BCUT2D eigenvalue weighted by atomic mass is 10.2. The highest BCUT2D eigenvalue weighted by molar-refractivity contribution is 7.89. The second-order valence-corrected chi connectivity index (χ2v) is 7.98. The largest absolute Gasteiger partial charge is 0.456 e. The molecule has 10 heteroatoms. The van der Waals surface area contributed by atoms with Crippen molar-refractivity contribution in [3.63, 3.8) is 0 Å². The second kappa shape index (κ2) is 7.74. The van der Waals surface area contributed by atoms with E-state index in [1.807, 2.05) is 0 Å². The zero-order chi connectivity index (χ0) is 23.2. The fraction of sp³-hybridized carbons (Fsp3) is 0.176. The molecule has 0 aliphatic carbocycles. The van der Waals surface area contributed by atoms with Gasteiger partial charge in [0, 0.05) is 25.8 Å². The molecule has 1 fully saturated rings. The van der Waals surface area contributed by atoms with Crippen molar-refractivity contribution < 1.29 is 23.4 Å². The van der Waals surface area contributed by atoms with Crippen molar-refractivity contribution in [3.05, 3.63) is 52.0 Å². The highest BCUT2D eigenvalue weighted by Gasteiger charge is 2.32. The smallest absolute Gasteiger partial charge is 0.247 e. The highest BCUT2D eigenvalue weighted by Crippen LogP contribution is 2.34. The maximum atomic E-state index is 13.3. The van der Waals surface area contributed by atoms with E-state index >= 15 is 0 Å². The first-order chi connectivity index (χ1) is 14.3. The van der Waals surface area contributed by atoms with Gasteiger partial charge in [0.25, 0.3) is 0 Å². The van der Waals surface area contributed by atoms with Gasteiger partial charge >= 0.3 is 0 Å². The Morgan fingerprint density at radius 1 is 1.22 bits per heavy atom. The van der Waals surface area contributed by atoms with E-state index in [1.165, 1.54) is 30.3 Å². The summed E-state index contributed by atoms with van der Waals surface area (Å²) in [6.07, 6.45) is 0. The molecule has 0 bridgehead atoms. The van der Waals surface area contributed by atoms with Crippen LogP contribution in [0.15, 0.2) is 41.3 Å². The Morgan fingerprint density at radius 2 is 1.93 bits per heavy atom.